The summed E-state index contributed by atoms with van der Waals surface area (Å²) in [6, 6.07) is 10.6. The molecule has 2 aromatic rings. The fourth-order valence-corrected chi connectivity index (χ4v) is 3.36. The highest BCUT2D eigenvalue weighted by molar-refractivity contribution is 6.00. The molecule has 1 fully saturated rings. The SMILES string of the molecule is CC[C@@H]1CN(c2cccc(C(F)(F)F)c2)C(=O)[C@H]1c1cccc(F)c1. The van der Waals surface area contributed by atoms with Crippen LogP contribution in [0.1, 0.15) is 30.4 Å². The second-order valence-corrected chi connectivity index (χ2v) is 6.20. The molecule has 0 spiro atoms. The summed E-state index contributed by atoms with van der Waals surface area (Å²) in [5, 5.41) is 0. The molecule has 0 aliphatic carbocycles. The molecule has 6 heteroatoms. The molecule has 2 nitrogen and oxygen atoms in total. The van der Waals surface area contributed by atoms with Gasteiger partial charge in [-0.3, -0.25) is 4.79 Å². The average molecular weight is 351 g/mol. The average Bonchev–Trinajstić information content (AvgIpc) is 2.91. The Morgan fingerprint density at radius 2 is 1.84 bits per heavy atom. The number of hydrogen-bond donors (Lipinski definition) is 0. The van der Waals surface area contributed by atoms with Gasteiger partial charge < -0.3 is 4.90 Å². The van der Waals surface area contributed by atoms with E-state index in [9.17, 15) is 22.4 Å². The number of benzene rings is 2. The van der Waals surface area contributed by atoms with Crippen LogP contribution in [0, 0.1) is 11.7 Å². The van der Waals surface area contributed by atoms with Gasteiger partial charge in [0.05, 0.1) is 11.5 Å². The molecular formula is C19H17F4NO. The van der Waals surface area contributed by atoms with Crippen molar-refractivity contribution in [2.75, 3.05) is 11.4 Å². The number of carbonyl (C=O) groups is 1. The minimum Gasteiger partial charge on any atom is -0.312 e. The third kappa shape index (κ3) is 3.38. The van der Waals surface area contributed by atoms with Crippen LogP contribution in [0.3, 0.4) is 0 Å². The molecule has 2 atom stereocenters. The van der Waals surface area contributed by atoms with Crippen molar-refractivity contribution in [2.24, 2.45) is 5.92 Å². The molecule has 1 heterocycles. The Hall–Kier alpha value is -2.37. The zero-order chi connectivity index (χ0) is 18.2. The van der Waals surface area contributed by atoms with E-state index < -0.39 is 23.5 Å². The lowest BCUT2D eigenvalue weighted by molar-refractivity contribution is -0.137. The van der Waals surface area contributed by atoms with Gasteiger partial charge in [0.1, 0.15) is 5.82 Å². The number of nitrogens with zero attached hydrogens (tertiary/aromatic N) is 1. The summed E-state index contributed by atoms with van der Waals surface area (Å²) < 4.78 is 52.3. The summed E-state index contributed by atoms with van der Waals surface area (Å²) in [6.07, 6.45) is -3.80. The van der Waals surface area contributed by atoms with E-state index in [2.05, 4.69) is 0 Å². The maximum absolute atomic E-state index is 13.5. The van der Waals surface area contributed by atoms with Gasteiger partial charge >= 0.3 is 6.18 Å². The first-order valence-corrected chi connectivity index (χ1v) is 8.05. The largest absolute Gasteiger partial charge is 0.416 e. The highest BCUT2D eigenvalue weighted by Gasteiger charge is 2.41. The molecule has 1 aliphatic heterocycles. The van der Waals surface area contributed by atoms with Crippen LogP contribution in [0.25, 0.3) is 0 Å². The van der Waals surface area contributed by atoms with Crippen molar-refractivity contribution in [2.45, 2.75) is 25.4 Å². The van der Waals surface area contributed by atoms with Crippen molar-refractivity contribution in [3.8, 4) is 0 Å². The number of alkyl halides is 3. The van der Waals surface area contributed by atoms with Gasteiger partial charge in [0.2, 0.25) is 5.91 Å². The standard InChI is InChI=1S/C19H17F4NO/c1-2-12-11-24(16-8-4-6-14(10-16)19(21,22)23)18(25)17(12)13-5-3-7-15(20)9-13/h3-10,12,17H,2,11H2,1H3/t12-,17-/m1/s1. The summed E-state index contributed by atoms with van der Waals surface area (Å²) in [7, 11) is 0. The molecule has 1 aliphatic rings. The first-order chi connectivity index (χ1) is 11.8. The Morgan fingerprint density at radius 3 is 2.48 bits per heavy atom. The van der Waals surface area contributed by atoms with Gasteiger partial charge in [0.25, 0.3) is 0 Å². The lowest BCUT2D eigenvalue weighted by Gasteiger charge is -2.18. The van der Waals surface area contributed by atoms with Crippen LogP contribution < -0.4 is 4.90 Å². The van der Waals surface area contributed by atoms with E-state index in [4.69, 9.17) is 0 Å². The quantitative estimate of drug-likeness (QED) is 0.713. The van der Waals surface area contributed by atoms with Crippen molar-refractivity contribution in [1.82, 2.24) is 0 Å². The van der Waals surface area contributed by atoms with E-state index in [-0.39, 0.29) is 17.5 Å². The van der Waals surface area contributed by atoms with E-state index in [0.29, 0.717) is 18.5 Å². The first kappa shape index (κ1) is 17.5. The zero-order valence-corrected chi connectivity index (χ0v) is 13.6. The maximum Gasteiger partial charge on any atom is 0.416 e. The lowest BCUT2D eigenvalue weighted by atomic mass is 9.87. The summed E-state index contributed by atoms with van der Waals surface area (Å²) >= 11 is 0. The normalized spacial score (nSPS) is 21.0. The van der Waals surface area contributed by atoms with Crippen LogP contribution in [0.15, 0.2) is 48.5 Å². The number of carbonyl (C=O) groups excluding carboxylic acids is 1. The Bertz CT molecular complexity index is 787. The predicted molar refractivity (Wildman–Crippen MR) is 86.7 cm³/mol. The summed E-state index contributed by atoms with van der Waals surface area (Å²) in [5.74, 6) is -1.35. The zero-order valence-electron chi connectivity index (χ0n) is 13.6. The highest BCUT2D eigenvalue weighted by atomic mass is 19.4. The van der Waals surface area contributed by atoms with Crippen LogP contribution in [0.4, 0.5) is 23.2 Å². The molecule has 0 saturated carbocycles. The Kier molecular flexibility index (Phi) is 4.54. The molecular weight excluding hydrogens is 334 g/mol. The first-order valence-electron chi connectivity index (χ1n) is 8.05. The van der Waals surface area contributed by atoms with E-state index in [1.54, 1.807) is 6.07 Å². The Labute approximate surface area is 143 Å². The van der Waals surface area contributed by atoms with Gasteiger partial charge in [-0.25, -0.2) is 4.39 Å². The summed E-state index contributed by atoms with van der Waals surface area (Å²) in [5.41, 5.74) is -0.0106. The molecule has 25 heavy (non-hydrogen) atoms. The third-order valence-corrected chi connectivity index (χ3v) is 4.64. The van der Waals surface area contributed by atoms with E-state index in [1.807, 2.05) is 6.92 Å². The Morgan fingerprint density at radius 1 is 1.12 bits per heavy atom. The molecule has 1 saturated heterocycles. The minimum atomic E-state index is -4.47. The van der Waals surface area contributed by atoms with Crippen LogP contribution in [0.5, 0.6) is 0 Å². The van der Waals surface area contributed by atoms with Crippen molar-refractivity contribution in [1.29, 1.82) is 0 Å². The van der Waals surface area contributed by atoms with Gasteiger partial charge in [0.15, 0.2) is 0 Å². The maximum atomic E-state index is 13.5. The molecule has 132 valence electrons. The molecule has 0 bridgehead atoms. The molecule has 0 aromatic heterocycles. The lowest BCUT2D eigenvalue weighted by Crippen LogP contribution is -2.26. The van der Waals surface area contributed by atoms with E-state index in [1.165, 1.54) is 35.2 Å². The fourth-order valence-electron chi connectivity index (χ4n) is 3.36. The van der Waals surface area contributed by atoms with Crippen LogP contribution in [-0.2, 0) is 11.0 Å². The second-order valence-electron chi connectivity index (χ2n) is 6.20. The van der Waals surface area contributed by atoms with Gasteiger partial charge in [0, 0.05) is 12.2 Å². The molecule has 0 radical (unpaired) electrons. The second kappa shape index (κ2) is 6.50. The van der Waals surface area contributed by atoms with Crippen LogP contribution >= 0.6 is 0 Å². The minimum absolute atomic E-state index is 0.0798. The monoisotopic (exact) mass is 351 g/mol. The smallest absolute Gasteiger partial charge is 0.312 e. The van der Waals surface area contributed by atoms with E-state index in [0.717, 1.165) is 12.1 Å². The van der Waals surface area contributed by atoms with Gasteiger partial charge in [-0.2, -0.15) is 13.2 Å². The predicted octanol–water partition coefficient (Wildman–Crippen LogP) is 5.00. The van der Waals surface area contributed by atoms with Crippen molar-refractivity contribution in [3.05, 3.63) is 65.5 Å². The summed E-state index contributed by atoms with van der Waals surface area (Å²) in [4.78, 5) is 14.2. The van der Waals surface area contributed by atoms with Crippen molar-refractivity contribution >= 4 is 11.6 Å². The molecule has 3 rings (SSSR count). The number of halogens is 4. The number of amides is 1. The van der Waals surface area contributed by atoms with Gasteiger partial charge in [-0.05, 0) is 41.8 Å². The summed E-state index contributed by atoms with van der Waals surface area (Å²) in [6.45, 7) is 2.23. The number of rotatable bonds is 3. The topological polar surface area (TPSA) is 20.3 Å². The van der Waals surface area contributed by atoms with Crippen molar-refractivity contribution in [3.63, 3.8) is 0 Å². The highest BCUT2D eigenvalue weighted by Crippen LogP contribution is 2.39. The fraction of sp³-hybridized carbons (Fsp3) is 0.316. The van der Waals surface area contributed by atoms with Crippen LogP contribution in [-0.4, -0.2) is 12.5 Å². The van der Waals surface area contributed by atoms with E-state index >= 15 is 0 Å². The van der Waals surface area contributed by atoms with Crippen LogP contribution in [0.2, 0.25) is 0 Å². The molecule has 2 aromatic carbocycles. The van der Waals surface area contributed by atoms with Gasteiger partial charge in [-0.1, -0.05) is 31.5 Å². The Balaban J connectivity index is 1.96. The number of hydrogen-bond acceptors (Lipinski definition) is 1. The molecule has 0 unspecified atom stereocenters. The van der Waals surface area contributed by atoms with Crippen molar-refractivity contribution < 1.29 is 22.4 Å². The van der Waals surface area contributed by atoms with Gasteiger partial charge in [-0.15, -0.1) is 0 Å². The molecule has 0 N–H and O–H groups in total. The third-order valence-electron chi connectivity index (χ3n) is 4.64. The molecule has 1 amide bonds. The number of anilines is 1.